The molecule has 0 spiro atoms. The maximum absolute atomic E-state index is 4.31. The second-order valence-electron chi connectivity index (χ2n) is 5.30. The summed E-state index contributed by atoms with van der Waals surface area (Å²) < 4.78 is 3.78. The molecule has 104 valence electrons. The molecule has 0 aromatic carbocycles. The van der Waals surface area contributed by atoms with Crippen molar-refractivity contribution in [3.05, 3.63) is 30.1 Å². The smallest absolute Gasteiger partial charge is 0.140 e. The predicted octanol–water partition coefficient (Wildman–Crippen LogP) is 1.52. The van der Waals surface area contributed by atoms with Gasteiger partial charge in [-0.15, -0.1) is 0 Å². The Morgan fingerprint density at radius 1 is 1.26 bits per heavy atom. The maximum Gasteiger partial charge on any atom is 0.140 e. The molecule has 0 saturated carbocycles. The predicted molar refractivity (Wildman–Crippen MR) is 73.3 cm³/mol. The van der Waals surface area contributed by atoms with Gasteiger partial charge in [0.05, 0.1) is 12.7 Å². The molecule has 6 heteroatoms. The minimum atomic E-state index is 0.248. The molecule has 0 aliphatic heterocycles. The molecule has 2 heterocycles. The molecule has 0 saturated heterocycles. The fraction of sp³-hybridized carbons (Fsp3) is 0.615. The van der Waals surface area contributed by atoms with Gasteiger partial charge in [-0.25, -0.2) is 9.67 Å². The van der Waals surface area contributed by atoms with Crippen LogP contribution in [0, 0.1) is 5.92 Å². The summed E-state index contributed by atoms with van der Waals surface area (Å²) >= 11 is 0. The van der Waals surface area contributed by atoms with Crippen LogP contribution in [-0.2, 0) is 20.1 Å². The van der Waals surface area contributed by atoms with Crippen molar-refractivity contribution >= 4 is 0 Å². The maximum atomic E-state index is 4.31. The molecule has 0 radical (unpaired) electrons. The quantitative estimate of drug-likeness (QED) is 0.857. The van der Waals surface area contributed by atoms with Crippen LogP contribution in [0.5, 0.6) is 0 Å². The third-order valence-electron chi connectivity index (χ3n) is 3.03. The van der Waals surface area contributed by atoms with Crippen LogP contribution in [0.2, 0.25) is 0 Å². The summed E-state index contributed by atoms with van der Waals surface area (Å²) in [5.74, 6) is 1.54. The van der Waals surface area contributed by atoms with E-state index in [-0.39, 0.29) is 6.04 Å². The minimum absolute atomic E-state index is 0.248. The minimum Gasteiger partial charge on any atom is -0.303 e. The van der Waals surface area contributed by atoms with E-state index in [1.54, 1.807) is 6.33 Å². The Kier molecular flexibility index (Phi) is 4.31. The second kappa shape index (κ2) is 5.97. The van der Waals surface area contributed by atoms with Crippen molar-refractivity contribution in [2.75, 3.05) is 0 Å². The zero-order chi connectivity index (χ0) is 13.8. The molecule has 0 bridgehead atoms. The number of nitrogens with one attached hydrogen (secondary N) is 1. The number of rotatable bonds is 6. The summed E-state index contributed by atoms with van der Waals surface area (Å²) in [7, 11) is 1.93. The normalized spacial score (nSPS) is 13.1. The fourth-order valence-corrected chi connectivity index (χ4v) is 1.95. The number of aromatic nitrogens is 5. The standard InChI is InChI=1S/C13H22N6/c1-10(2)7-19-13(15-9-17-19)6-14-11(3)12-5-16-18(4)8-12/h5,8-11,14H,6-7H2,1-4H3/t11-/m0/s1. The third-order valence-corrected chi connectivity index (χ3v) is 3.03. The van der Waals surface area contributed by atoms with Crippen LogP contribution >= 0.6 is 0 Å². The first kappa shape index (κ1) is 13.7. The summed E-state index contributed by atoms with van der Waals surface area (Å²) in [5.41, 5.74) is 1.18. The summed E-state index contributed by atoms with van der Waals surface area (Å²) in [4.78, 5) is 4.31. The van der Waals surface area contributed by atoms with Gasteiger partial charge in [0.15, 0.2) is 0 Å². The summed E-state index contributed by atoms with van der Waals surface area (Å²) in [5, 5.41) is 11.9. The molecule has 0 aliphatic rings. The molecule has 19 heavy (non-hydrogen) atoms. The van der Waals surface area contributed by atoms with Crippen LogP contribution in [0.3, 0.4) is 0 Å². The molecule has 1 atom stereocenters. The van der Waals surface area contributed by atoms with Crippen molar-refractivity contribution in [3.63, 3.8) is 0 Å². The lowest BCUT2D eigenvalue weighted by molar-refractivity contribution is 0.449. The van der Waals surface area contributed by atoms with E-state index < -0.39 is 0 Å². The Morgan fingerprint density at radius 2 is 2.05 bits per heavy atom. The lowest BCUT2D eigenvalue weighted by atomic mass is 10.2. The van der Waals surface area contributed by atoms with E-state index in [1.807, 2.05) is 28.8 Å². The Labute approximate surface area is 113 Å². The van der Waals surface area contributed by atoms with Gasteiger partial charge in [-0.3, -0.25) is 4.68 Å². The molecule has 1 N–H and O–H groups in total. The van der Waals surface area contributed by atoms with Crippen LogP contribution < -0.4 is 5.32 Å². The van der Waals surface area contributed by atoms with Crippen molar-refractivity contribution in [1.82, 2.24) is 29.9 Å². The molecule has 0 amide bonds. The highest BCUT2D eigenvalue weighted by atomic mass is 15.3. The molecular formula is C13H22N6. The van der Waals surface area contributed by atoms with Gasteiger partial charge in [0.1, 0.15) is 12.2 Å². The van der Waals surface area contributed by atoms with Gasteiger partial charge < -0.3 is 5.32 Å². The Morgan fingerprint density at radius 3 is 2.68 bits per heavy atom. The molecular weight excluding hydrogens is 240 g/mol. The van der Waals surface area contributed by atoms with E-state index >= 15 is 0 Å². The third kappa shape index (κ3) is 3.64. The highest BCUT2D eigenvalue weighted by molar-refractivity contribution is 5.09. The molecule has 2 aromatic heterocycles. The van der Waals surface area contributed by atoms with Crippen LogP contribution in [0.1, 0.15) is 38.2 Å². The number of hydrogen-bond donors (Lipinski definition) is 1. The van der Waals surface area contributed by atoms with E-state index in [4.69, 9.17) is 0 Å². The molecule has 2 rings (SSSR count). The van der Waals surface area contributed by atoms with Gasteiger partial charge >= 0.3 is 0 Å². The highest BCUT2D eigenvalue weighted by Gasteiger charge is 2.10. The van der Waals surface area contributed by atoms with Crippen LogP contribution in [0.4, 0.5) is 0 Å². The second-order valence-corrected chi connectivity index (χ2v) is 5.30. The van der Waals surface area contributed by atoms with Crippen molar-refractivity contribution < 1.29 is 0 Å². The van der Waals surface area contributed by atoms with E-state index in [9.17, 15) is 0 Å². The van der Waals surface area contributed by atoms with Crippen LogP contribution in [0.15, 0.2) is 18.7 Å². The first-order valence-electron chi connectivity index (χ1n) is 6.65. The zero-order valence-corrected chi connectivity index (χ0v) is 12.0. The largest absolute Gasteiger partial charge is 0.303 e. The molecule has 0 aliphatic carbocycles. The first-order valence-corrected chi connectivity index (χ1v) is 6.65. The average molecular weight is 262 g/mol. The SMILES string of the molecule is CC(C)Cn1ncnc1CN[C@@H](C)c1cnn(C)c1. The van der Waals surface area contributed by atoms with Crippen molar-refractivity contribution in [3.8, 4) is 0 Å². The van der Waals surface area contributed by atoms with Gasteiger partial charge in [0.25, 0.3) is 0 Å². The molecule has 0 fully saturated rings. The highest BCUT2D eigenvalue weighted by Crippen LogP contribution is 2.11. The number of nitrogens with zero attached hydrogens (tertiary/aromatic N) is 5. The van der Waals surface area contributed by atoms with Gasteiger partial charge in [-0.2, -0.15) is 10.2 Å². The van der Waals surface area contributed by atoms with E-state index in [0.717, 1.165) is 12.4 Å². The lowest BCUT2D eigenvalue weighted by Crippen LogP contribution is -2.21. The molecule has 0 unspecified atom stereocenters. The van der Waals surface area contributed by atoms with Crippen molar-refractivity contribution in [2.45, 2.75) is 39.9 Å². The van der Waals surface area contributed by atoms with E-state index in [2.05, 4.69) is 41.3 Å². The van der Waals surface area contributed by atoms with Gasteiger partial charge in [0.2, 0.25) is 0 Å². The van der Waals surface area contributed by atoms with Crippen molar-refractivity contribution in [2.24, 2.45) is 13.0 Å². The van der Waals surface area contributed by atoms with Gasteiger partial charge in [-0.05, 0) is 12.8 Å². The monoisotopic (exact) mass is 262 g/mol. The zero-order valence-electron chi connectivity index (χ0n) is 12.0. The number of hydrogen-bond acceptors (Lipinski definition) is 4. The van der Waals surface area contributed by atoms with E-state index in [1.165, 1.54) is 5.56 Å². The first-order chi connectivity index (χ1) is 9.06. The Balaban J connectivity index is 1.93. The summed E-state index contributed by atoms with van der Waals surface area (Å²) in [6.45, 7) is 8.09. The van der Waals surface area contributed by atoms with Crippen molar-refractivity contribution in [1.29, 1.82) is 0 Å². The van der Waals surface area contributed by atoms with Crippen LogP contribution in [0.25, 0.3) is 0 Å². The molecule has 6 nitrogen and oxygen atoms in total. The average Bonchev–Trinajstić information content (AvgIpc) is 2.95. The van der Waals surface area contributed by atoms with Crippen LogP contribution in [-0.4, -0.2) is 24.5 Å². The number of aryl methyl sites for hydroxylation is 1. The topological polar surface area (TPSA) is 60.6 Å². The summed E-state index contributed by atoms with van der Waals surface area (Å²) in [6, 6.07) is 0.248. The fourth-order valence-electron chi connectivity index (χ4n) is 1.95. The lowest BCUT2D eigenvalue weighted by Gasteiger charge is -2.13. The molecule has 2 aromatic rings. The van der Waals surface area contributed by atoms with Gasteiger partial charge in [-0.1, -0.05) is 13.8 Å². The Bertz CT molecular complexity index is 513. The van der Waals surface area contributed by atoms with Gasteiger partial charge in [0, 0.05) is 31.4 Å². The van der Waals surface area contributed by atoms with E-state index in [0.29, 0.717) is 12.5 Å². The summed E-state index contributed by atoms with van der Waals surface area (Å²) in [6.07, 6.45) is 5.53. The Hall–Kier alpha value is -1.69.